The van der Waals surface area contributed by atoms with Gasteiger partial charge in [0.05, 0.1) is 12.5 Å². The minimum absolute atomic E-state index is 0.0925. The lowest BCUT2D eigenvalue weighted by Crippen LogP contribution is -2.46. The number of pyridine rings is 1. The van der Waals surface area contributed by atoms with Crippen molar-refractivity contribution < 1.29 is 17.9 Å². The number of nitrogens with one attached hydrogen (secondary N) is 2. The van der Waals surface area contributed by atoms with Crippen LogP contribution < -0.4 is 15.4 Å². The van der Waals surface area contributed by atoms with E-state index in [-0.39, 0.29) is 18.9 Å². The van der Waals surface area contributed by atoms with Gasteiger partial charge in [-0.25, -0.2) is 4.98 Å². The van der Waals surface area contributed by atoms with Crippen molar-refractivity contribution >= 4 is 5.96 Å². The number of halogens is 3. The van der Waals surface area contributed by atoms with E-state index in [1.54, 1.807) is 19.3 Å². The number of guanidine groups is 1. The minimum Gasteiger partial charge on any atom is -0.478 e. The maximum Gasteiger partial charge on any atom is 0.391 e. The Kier molecular flexibility index (Phi) is 7.53. The molecule has 1 aromatic rings. The summed E-state index contributed by atoms with van der Waals surface area (Å²) in [4.78, 5) is 8.34. The smallest absolute Gasteiger partial charge is 0.391 e. The summed E-state index contributed by atoms with van der Waals surface area (Å²) < 4.78 is 44.2. The molecule has 0 radical (unpaired) electrons. The molecule has 0 bridgehead atoms. The summed E-state index contributed by atoms with van der Waals surface area (Å²) in [5, 5.41) is 6.24. The van der Waals surface area contributed by atoms with Crippen LogP contribution in [0.2, 0.25) is 0 Å². The zero-order valence-electron chi connectivity index (χ0n) is 15.3. The van der Waals surface area contributed by atoms with Crippen LogP contribution in [0.25, 0.3) is 0 Å². The van der Waals surface area contributed by atoms with Crippen LogP contribution in [0.4, 0.5) is 13.2 Å². The highest BCUT2D eigenvalue weighted by Gasteiger charge is 2.42. The van der Waals surface area contributed by atoms with Crippen molar-refractivity contribution in [1.82, 2.24) is 15.6 Å². The van der Waals surface area contributed by atoms with Gasteiger partial charge < -0.3 is 15.4 Å². The molecular formula is C18H27F3N4O. The molecule has 0 saturated heterocycles. The van der Waals surface area contributed by atoms with Gasteiger partial charge in [0.15, 0.2) is 5.96 Å². The highest BCUT2D eigenvalue weighted by molar-refractivity contribution is 5.79. The first-order valence-corrected chi connectivity index (χ1v) is 9.04. The lowest BCUT2D eigenvalue weighted by molar-refractivity contribution is -0.183. The number of aromatic nitrogens is 1. The van der Waals surface area contributed by atoms with E-state index in [0.717, 1.165) is 18.4 Å². The Bertz CT molecular complexity index is 575. The number of rotatable bonds is 6. The number of hydrogen-bond acceptors (Lipinski definition) is 3. The number of nitrogens with zero attached hydrogens (tertiary/aromatic N) is 2. The van der Waals surface area contributed by atoms with Crippen LogP contribution in [0.1, 0.15) is 44.6 Å². The van der Waals surface area contributed by atoms with Gasteiger partial charge in [-0.3, -0.25) is 4.99 Å². The second kappa shape index (κ2) is 9.64. The van der Waals surface area contributed by atoms with E-state index in [1.165, 1.54) is 0 Å². The van der Waals surface area contributed by atoms with Crippen LogP contribution in [0.3, 0.4) is 0 Å². The number of ether oxygens (including phenoxy) is 1. The molecule has 1 aliphatic carbocycles. The fraction of sp³-hybridized carbons (Fsp3) is 0.667. The molecule has 8 heteroatoms. The molecule has 1 aliphatic rings. The van der Waals surface area contributed by atoms with Gasteiger partial charge in [-0.05, 0) is 31.2 Å². The molecule has 2 N–H and O–H groups in total. The average molecular weight is 372 g/mol. The Morgan fingerprint density at radius 1 is 1.35 bits per heavy atom. The standard InChI is InChI=1S/C18H27F3N4O/c1-3-9-26-16-8-7-13(11-23-16)12-24-17(22-2)25-15-6-4-5-14(10-15)18(19,20)21/h7-8,11,14-15H,3-6,9-10,12H2,1-2H3,(H2,22,24,25). The van der Waals surface area contributed by atoms with Crippen LogP contribution in [0, 0.1) is 5.92 Å². The van der Waals surface area contributed by atoms with Crippen LogP contribution in [0.15, 0.2) is 23.3 Å². The van der Waals surface area contributed by atoms with Crippen LogP contribution >= 0.6 is 0 Å². The van der Waals surface area contributed by atoms with E-state index in [4.69, 9.17) is 4.74 Å². The summed E-state index contributed by atoms with van der Waals surface area (Å²) in [7, 11) is 1.61. The van der Waals surface area contributed by atoms with Gasteiger partial charge in [0.2, 0.25) is 5.88 Å². The summed E-state index contributed by atoms with van der Waals surface area (Å²) in [5.41, 5.74) is 0.939. The first-order valence-electron chi connectivity index (χ1n) is 9.04. The molecule has 1 heterocycles. The second-order valence-corrected chi connectivity index (χ2v) is 6.53. The molecule has 1 fully saturated rings. The zero-order valence-corrected chi connectivity index (χ0v) is 15.3. The lowest BCUT2D eigenvalue weighted by atomic mass is 9.85. The first-order chi connectivity index (χ1) is 12.4. The first kappa shape index (κ1) is 20.3. The maximum absolute atomic E-state index is 12.9. The molecule has 5 nitrogen and oxygen atoms in total. The van der Waals surface area contributed by atoms with Crippen molar-refractivity contribution in [3.63, 3.8) is 0 Å². The second-order valence-electron chi connectivity index (χ2n) is 6.53. The van der Waals surface area contributed by atoms with E-state index in [9.17, 15) is 13.2 Å². The fourth-order valence-corrected chi connectivity index (χ4v) is 3.00. The molecular weight excluding hydrogens is 345 g/mol. The molecule has 2 atom stereocenters. The SMILES string of the molecule is CCCOc1ccc(CNC(=NC)NC2CCCC(C(F)(F)F)C2)cn1. The maximum atomic E-state index is 12.9. The highest BCUT2D eigenvalue weighted by Crippen LogP contribution is 2.37. The number of hydrogen-bond donors (Lipinski definition) is 2. The fourth-order valence-electron chi connectivity index (χ4n) is 3.00. The van der Waals surface area contributed by atoms with Crippen molar-refractivity contribution in [3.8, 4) is 5.88 Å². The molecule has 2 rings (SSSR count). The number of alkyl halides is 3. The van der Waals surface area contributed by atoms with E-state index in [0.29, 0.717) is 31.4 Å². The summed E-state index contributed by atoms with van der Waals surface area (Å²) in [6, 6.07) is 3.49. The van der Waals surface area contributed by atoms with E-state index in [2.05, 4.69) is 20.6 Å². The van der Waals surface area contributed by atoms with Gasteiger partial charge in [-0.1, -0.05) is 19.4 Å². The molecule has 0 amide bonds. The van der Waals surface area contributed by atoms with E-state index in [1.807, 2.05) is 13.0 Å². The van der Waals surface area contributed by atoms with Gasteiger partial charge in [0.25, 0.3) is 0 Å². The Morgan fingerprint density at radius 3 is 2.77 bits per heavy atom. The molecule has 26 heavy (non-hydrogen) atoms. The predicted molar refractivity (Wildman–Crippen MR) is 95.2 cm³/mol. The predicted octanol–water partition coefficient (Wildman–Crippen LogP) is 3.66. The average Bonchev–Trinajstić information content (AvgIpc) is 2.64. The minimum atomic E-state index is -4.12. The summed E-state index contributed by atoms with van der Waals surface area (Å²) in [5.74, 6) is -0.144. The van der Waals surface area contributed by atoms with Gasteiger partial charge in [0.1, 0.15) is 0 Å². The molecule has 2 unspecified atom stereocenters. The number of aliphatic imine (C=N–C) groups is 1. The highest BCUT2D eigenvalue weighted by atomic mass is 19.4. The van der Waals surface area contributed by atoms with Gasteiger partial charge in [0, 0.05) is 31.9 Å². The van der Waals surface area contributed by atoms with Gasteiger partial charge in [-0.15, -0.1) is 0 Å². The van der Waals surface area contributed by atoms with Crippen molar-refractivity contribution in [1.29, 1.82) is 0 Å². The van der Waals surface area contributed by atoms with Crippen molar-refractivity contribution in [2.24, 2.45) is 10.9 Å². The van der Waals surface area contributed by atoms with Crippen molar-refractivity contribution in [2.45, 2.75) is 57.8 Å². The Hall–Kier alpha value is -1.99. The van der Waals surface area contributed by atoms with Gasteiger partial charge >= 0.3 is 6.18 Å². The molecule has 146 valence electrons. The lowest BCUT2D eigenvalue weighted by Gasteiger charge is -2.31. The molecule has 1 aromatic heterocycles. The molecule has 0 spiro atoms. The van der Waals surface area contributed by atoms with E-state index < -0.39 is 12.1 Å². The molecule has 0 aliphatic heterocycles. The van der Waals surface area contributed by atoms with Crippen LogP contribution in [0.5, 0.6) is 5.88 Å². The Balaban J connectivity index is 1.82. The largest absolute Gasteiger partial charge is 0.478 e. The summed E-state index contributed by atoms with van der Waals surface area (Å²) in [6.45, 7) is 3.14. The monoisotopic (exact) mass is 372 g/mol. The molecule has 0 aromatic carbocycles. The third kappa shape index (κ3) is 6.38. The zero-order chi connectivity index (χ0) is 19.0. The van der Waals surface area contributed by atoms with E-state index >= 15 is 0 Å². The summed E-state index contributed by atoms with van der Waals surface area (Å²) >= 11 is 0. The Morgan fingerprint density at radius 2 is 2.15 bits per heavy atom. The summed E-state index contributed by atoms with van der Waals surface area (Å²) in [6.07, 6.45) is 0.112. The topological polar surface area (TPSA) is 58.5 Å². The van der Waals surface area contributed by atoms with Crippen LogP contribution in [-0.4, -0.2) is 36.8 Å². The molecule has 1 saturated carbocycles. The van der Waals surface area contributed by atoms with Crippen LogP contribution in [-0.2, 0) is 6.54 Å². The van der Waals surface area contributed by atoms with Crippen molar-refractivity contribution in [2.75, 3.05) is 13.7 Å². The third-order valence-electron chi connectivity index (χ3n) is 4.41. The quantitative estimate of drug-likeness (QED) is 0.591. The van der Waals surface area contributed by atoms with Gasteiger partial charge in [-0.2, -0.15) is 13.2 Å². The Labute approximate surface area is 152 Å². The normalized spacial score (nSPS) is 21.3. The van der Waals surface area contributed by atoms with Crippen molar-refractivity contribution in [3.05, 3.63) is 23.9 Å². The third-order valence-corrected chi connectivity index (χ3v) is 4.41.